The lowest BCUT2D eigenvalue weighted by atomic mass is 10.0. The van der Waals surface area contributed by atoms with Gasteiger partial charge in [0.1, 0.15) is 5.84 Å². The molecule has 0 atom stereocenters. The van der Waals surface area contributed by atoms with Crippen molar-refractivity contribution in [2.24, 2.45) is 4.99 Å². The molecule has 0 unspecified atom stereocenters. The zero-order valence-electron chi connectivity index (χ0n) is 13.8. The van der Waals surface area contributed by atoms with Gasteiger partial charge in [-0.1, -0.05) is 18.5 Å². The van der Waals surface area contributed by atoms with Gasteiger partial charge in [-0.25, -0.2) is 13.2 Å². The van der Waals surface area contributed by atoms with Crippen molar-refractivity contribution in [3.05, 3.63) is 27.8 Å². The number of halogens is 1. The van der Waals surface area contributed by atoms with Crippen LogP contribution in [-0.4, -0.2) is 43.5 Å². The maximum atomic E-state index is 12.2. The summed E-state index contributed by atoms with van der Waals surface area (Å²) in [4.78, 5) is 16.5. The lowest BCUT2D eigenvalue weighted by Gasteiger charge is -2.22. The third-order valence-corrected chi connectivity index (χ3v) is 5.21. The molecule has 9 heteroatoms. The molecule has 7 nitrogen and oxygen atoms in total. The maximum absolute atomic E-state index is 12.2. The maximum Gasteiger partial charge on any atom is 0.337 e. The minimum atomic E-state index is -3.63. The van der Waals surface area contributed by atoms with Gasteiger partial charge in [0.25, 0.3) is 0 Å². The molecule has 0 bridgehead atoms. The van der Waals surface area contributed by atoms with Crippen LogP contribution in [0.4, 0.5) is 0 Å². The Balaban J connectivity index is 3.72. The molecule has 24 heavy (non-hydrogen) atoms. The minimum absolute atomic E-state index is 0.00632. The molecule has 0 fully saturated rings. The van der Waals surface area contributed by atoms with Gasteiger partial charge in [-0.15, -0.1) is 0 Å². The molecular weight excluding hydrogens is 354 g/mol. The number of rotatable bonds is 5. The summed E-state index contributed by atoms with van der Waals surface area (Å²) in [5.74, 6) is -0.882. The number of aliphatic imine (C=N–C) groups is 1. The summed E-state index contributed by atoms with van der Waals surface area (Å²) in [5, 5.41) is 17.8. The summed E-state index contributed by atoms with van der Waals surface area (Å²) in [6.07, 6.45) is 3.04. The number of carboxylic acids is 1. The summed E-state index contributed by atoms with van der Waals surface area (Å²) in [5.41, 5.74) is 0.419. The first-order valence-electron chi connectivity index (χ1n) is 6.96. The molecule has 0 aliphatic heterocycles. The number of aryl methyl sites for hydroxylation is 1. The molecule has 0 aliphatic rings. The van der Waals surface area contributed by atoms with Crippen LogP contribution in [0.15, 0.2) is 16.0 Å². The van der Waals surface area contributed by atoms with Crippen LogP contribution in [-0.2, 0) is 22.8 Å². The van der Waals surface area contributed by atoms with Crippen LogP contribution in [0.25, 0.3) is 0 Å². The quantitative estimate of drug-likeness (QED) is 0.483. The number of hydrogen-bond acceptors (Lipinski definition) is 5. The highest BCUT2D eigenvalue weighted by molar-refractivity contribution is 7.90. The third kappa shape index (κ3) is 4.24. The van der Waals surface area contributed by atoms with Crippen molar-refractivity contribution in [3.63, 3.8) is 0 Å². The number of nitriles is 1. The first-order chi connectivity index (χ1) is 11.0. The van der Waals surface area contributed by atoms with Gasteiger partial charge in [0.05, 0.1) is 15.5 Å². The van der Waals surface area contributed by atoms with E-state index in [2.05, 4.69) is 4.99 Å². The standard InChI is InChI=1S/C15H18ClN3O4S/c1-5-10-6-11(15(20)21)13(16)12(14(10)24(4,22)23)7-19(3)9(2)18-8-17/h6H,5,7H2,1-4H3,(H,20,21). The van der Waals surface area contributed by atoms with Crippen molar-refractivity contribution < 1.29 is 18.3 Å². The summed E-state index contributed by atoms with van der Waals surface area (Å²) >= 11 is 6.19. The second-order valence-corrected chi connectivity index (χ2v) is 7.58. The molecule has 130 valence electrons. The number of sulfone groups is 1. The third-order valence-electron chi connectivity index (χ3n) is 3.53. The van der Waals surface area contributed by atoms with Gasteiger partial charge in [0.2, 0.25) is 6.19 Å². The van der Waals surface area contributed by atoms with Gasteiger partial charge in [0.15, 0.2) is 9.84 Å². The normalized spacial score (nSPS) is 11.9. The SMILES string of the molecule is CCc1cc(C(=O)O)c(Cl)c(CN(C)C(C)=NC#N)c1S(C)(=O)=O. The Bertz CT molecular complexity index is 841. The molecule has 1 rings (SSSR count). The number of carbonyl (C=O) groups is 1. The van der Waals surface area contributed by atoms with Gasteiger partial charge in [-0.3, -0.25) is 0 Å². The molecule has 0 radical (unpaired) electrons. The van der Waals surface area contributed by atoms with E-state index in [1.807, 2.05) is 0 Å². The molecule has 1 aromatic carbocycles. The number of aromatic carboxylic acids is 1. The number of hydrogen-bond donors (Lipinski definition) is 1. The van der Waals surface area contributed by atoms with E-state index in [1.54, 1.807) is 27.1 Å². The number of benzene rings is 1. The van der Waals surface area contributed by atoms with Crippen molar-refractivity contribution in [3.8, 4) is 6.19 Å². The zero-order chi connectivity index (χ0) is 18.7. The van der Waals surface area contributed by atoms with Crippen molar-refractivity contribution in [2.45, 2.75) is 31.7 Å². The monoisotopic (exact) mass is 371 g/mol. The van der Waals surface area contributed by atoms with Crippen molar-refractivity contribution >= 4 is 33.2 Å². The Hall–Kier alpha value is -2.11. The topological polar surface area (TPSA) is 111 Å². The van der Waals surface area contributed by atoms with Crippen LogP contribution >= 0.6 is 11.6 Å². The molecule has 0 heterocycles. The van der Waals surface area contributed by atoms with Crippen LogP contribution in [0.2, 0.25) is 5.02 Å². The van der Waals surface area contributed by atoms with Gasteiger partial charge in [0, 0.05) is 25.4 Å². The Morgan fingerprint density at radius 2 is 2.08 bits per heavy atom. The Kier molecular flexibility index (Phi) is 6.35. The lowest BCUT2D eigenvalue weighted by Crippen LogP contribution is -2.25. The lowest BCUT2D eigenvalue weighted by molar-refractivity contribution is 0.0696. The second-order valence-electron chi connectivity index (χ2n) is 5.25. The van der Waals surface area contributed by atoms with Crippen molar-refractivity contribution in [1.82, 2.24) is 4.90 Å². The molecule has 0 aliphatic carbocycles. The molecule has 0 saturated heterocycles. The van der Waals surface area contributed by atoms with Gasteiger partial charge >= 0.3 is 5.97 Å². The number of nitrogens with zero attached hydrogens (tertiary/aromatic N) is 3. The fourth-order valence-electron chi connectivity index (χ4n) is 2.29. The predicted octanol–water partition coefficient (Wildman–Crippen LogP) is 2.34. The highest BCUT2D eigenvalue weighted by atomic mass is 35.5. The van der Waals surface area contributed by atoms with Gasteiger partial charge < -0.3 is 10.0 Å². The van der Waals surface area contributed by atoms with Crippen LogP contribution < -0.4 is 0 Å². The molecular formula is C15H18ClN3O4S. The Labute approximate surface area is 146 Å². The Morgan fingerprint density at radius 1 is 1.50 bits per heavy atom. The summed E-state index contributed by atoms with van der Waals surface area (Å²) in [6, 6.07) is 1.29. The number of carboxylic acid groups (broad SMARTS) is 1. The van der Waals surface area contributed by atoms with Crippen LogP contribution in [0.3, 0.4) is 0 Å². The molecule has 1 N–H and O–H groups in total. The van der Waals surface area contributed by atoms with E-state index in [0.29, 0.717) is 17.8 Å². The van der Waals surface area contributed by atoms with Crippen LogP contribution in [0, 0.1) is 11.5 Å². The highest BCUT2D eigenvalue weighted by Gasteiger charge is 2.26. The van der Waals surface area contributed by atoms with E-state index < -0.39 is 15.8 Å². The first-order valence-corrected chi connectivity index (χ1v) is 9.23. The van der Waals surface area contributed by atoms with Gasteiger partial charge in [-0.05, 0) is 25.0 Å². The average Bonchev–Trinajstić information content (AvgIpc) is 2.47. The smallest absolute Gasteiger partial charge is 0.337 e. The zero-order valence-corrected chi connectivity index (χ0v) is 15.4. The van der Waals surface area contributed by atoms with Crippen molar-refractivity contribution in [1.29, 1.82) is 5.26 Å². The summed E-state index contributed by atoms with van der Waals surface area (Å²) in [6.45, 7) is 3.32. The summed E-state index contributed by atoms with van der Waals surface area (Å²) < 4.78 is 24.5. The van der Waals surface area contributed by atoms with Gasteiger partial charge in [-0.2, -0.15) is 10.3 Å². The fourth-order valence-corrected chi connectivity index (χ4v) is 3.93. The van der Waals surface area contributed by atoms with E-state index in [-0.39, 0.29) is 27.6 Å². The number of amidine groups is 1. The van der Waals surface area contributed by atoms with E-state index in [1.165, 1.54) is 11.0 Å². The average molecular weight is 372 g/mol. The highest BCUT2D eigenvalue weighted by Crippen LogP contribution is 2.33. The largest absolute Gasteiger partial charge is 0.478 e. The second kappa shape index (κ2) is 7.64. The minimum Gasteiger partial charge on any atom is -0.478 e. The summed E-state index contributed by atoms with van der Waals surface area (Å²) in [7, 11) is -2.02. The first kappa shape index (κ1) is 19.9. The van der Waals surface area contributed by atoms with E-state index in [9.17, 15) is 18.3 Å². The molecule has 0 spiro atoms. The van der Waals surface area contributed by atoms with E-state index in [4.69, 9.17) is 16.9 Å². The van der Waals surface area contributed by atoms with Crippen LogP contribution in [0.1, 0.15) is 35.3 Å². The van der Waals surface area contributed by atoms with E-state index >= 15 is 0 Å². The predicted molar refractivity (Wildman–Crippen MR) is 91.1 cm³/mol. The van der Waals surface area contributed by atoms with Crippen LogP contribution in [0.5, 0.6) is 0 Å². The fraction of sp³-hybridized carbons (Fsp3) is 0.400. The van der Waals surface area contributed by atoms with Crippen molar-refractivity contribution in [2.75, 3.05) is 13.3 Å². The van der Waals surface area contributed by atoms with E-state index in [0.717, 1.165) is 6.26 Å². The molecule has 0 amide bonds. The molecule has 0 aromatic heterocycles. The Morgan fingerprint density at radius 3 is 2.50 bits per heavy atom. The molecule has 0 saturated carbocycles. The molecule has 1 aromatic rings.